The van der Waals surface area contributed by atoms with Gasteiger partial charge in [0, 0.05) is 31.4 Å². The fourth-order valence-corrected chi connectivity index (χ4v) is 8.47. The average molecular weight is 547 g/mol. The Kier molecular flexibility index (Phi) is 16.2. The van der Waals surface area contributed by atoms with Gasteiger partial charge in [0.05, 0.1) is 0 Å². The van der Waals surface area contributed by atoms with Crippen molar-refractivity contribution in [3.8, 4) is 0 Å². The molecule has 0 amide bonds. The van der Waals surface area contributed by atoms with Crippen LogP contribution in [-0.2, 0) is 18.1 Å². The summed E-state index contributed by atoms with van der Waals surface area (Å²) in [5.41, 5.74) is 2.89. The van der Waals surface area contributed by atoms with Gasteiger partial charge in [0.1, 0.15) is 0 Å². The van der Waals surface area contributed by atoms with Gasteiger partial charge in [-0.3, -0.25) is 0 Å². The van der Waals surface area contributed by atoms with Crippen LogP contribution in [0.5, 0.6) is 0 Å². The molecule has 1 aliphatic rings. The van der Waals surface area contributed by atoms with E-state index in [9.17, 15) is 9.90 Å². The maximum atomic E-state index is 11.9. The van der Waals surface area contributed by atoms with Crippen LogP contribution in [0, 0.1) is 5.92 Å². The molecule has 1 N–H and O–H groups in total. The molecule has 0 unspecified atom stereocenters. The number of aliphatic carboxylic acids is 1. The first-order valence-electron chi connectivity index (χ1n) is 15.4. The van der Waals surface area contributed by atoms with Gasteiger partial charge in [0.25, 0.3) is 0 Å². The molecular formula is C32H54O5Si. The van der Waals surface area contributed by atoms with Gasteiger partial charge in [0.2, 0.25) is 0 Å². The number of carboxylic acid groups (broad SMARTS) is 1. The van der Waals surface area contributed by atoms with Crippen molar-refractivity contribution in [3.63, 3.8) is 0 Å². The van der Waals surface area contributed by atoms with E-state index in [-0.39, 0.29) is 0 Å². The molecule has 0 aromatic heterocycles. The molecule has 0 spiro atoms. The van der Waals surface area contributed by atoms with Crippen LogP contribution in [0.1, 0.15) is 128 Å². The largest absolute Gasteiger partial charge is 0.500 e. The minimum atomic E-state index is -2.58. The highest BCUT2D eigenvalue weighted by Gasteiger charge is 2.39. The highest BCUT2D eigenvalue weighted by Crippen LogP contribution is 2.38. The van der Waals surface area contributed by atoms with E-state index in [0.29, 0.717) is 37.7 Å². The Morgan fingerprint density at radius 1 is 0.842 bits per heavy atom. The van der Waals surface area contributed by atoms with Gasteiger partial charge in [-0.05, 0) is 94.8 Å². The summed E-state index contributed by atoms with van der Waals surface area (Å²) >= 11 is 0. The van der Waals surface area contributed by atoms with Crippen LogP contribution in [0.2, 0.25) is 6.04 Å². The van der Waals surface area contributed by atoms with Crippen molar-refractivity contribution in [1.29, 1.82) is 0 Å². The molecule has 1 aromatic carbocycles. The monoisotopic (exact) mass is 546 g/mol. The lowest BCUT2D eigenvalue weighted by molar-refractivity contribution is -0.132. The van der Waals surface area contributed by atoms with E-state index < -0.39 is 14.8 Å². The number of hydrogen-bond acceptors (Lipinski definition) is 4. The van der Waals surface area contributed by atoms with Crippen LogP contribution >= 0.6 is 0 Å². The summed E-state index contributed by atoms with van der Waals surface area (Å²) in [6.45, 7) is 10.0. The standard InChI is InChI=1S/C32H54O5Si/c1-5-9-12-15-27-17-21-29(22-18-27)30-23-19-28(20-24-30)26-31(32(33)34)16-13-10-11-14-25-38(35-6-2,36-7-3)37-8-4/h19-20,23-24,26-27,29H,5-18,21-22,25H2,1-4H3,(H,33,34)/b31-26+. The zero-order chi connectivity index (χ0) is 27.6. The first-order valence-corrected chi connectivity index (χ1v) is 17.4. The second-order valence-corrected chi connectivity index (χ2v) is 13.5. The minimum absolute atomic E-state index is 0.493. The number of rotatable bonds is 20. The number of hydrogen-bond donors (Lipinski definition) is 1. The molecule has 1 aromatic rings. The lowest BCUT2D eigenvalue weighted by Crippen LogP contribution is -2.45. The van der Waals surface area contributed by atoms with Crippen molar-refractivity contribution >= 4 is 20.8 Å². The smallest absolute Gasteiger partial charge is 0.478 e. The number of benzene rings is 1. The Bertz CT molecular complexity index is 782. The molecule has 0 aliphatic heterocycles. The van der Waals surface area contributed by atoms with Gasteiger partial charge >= 0.3 is 14.8 Å². The zero-order valence-corrected chi connectivity index (χ0v) is 25.6. The van der Waals surface area contributed by atoms with Crippen molar-refractivity contribution in [2.24, 2.45) is 5.92 Å². The molecule has 5 nitrogen and oxygen atoms in total. The van der Waals surface area contributed by atoms with E-state index in [0.717, 1.165) is 43.2 Å². The Hall–Kier alpha value is -1.47. The molecule has 6 heteroatoms. The molecule has 1 fully saturated rings. The third-order valence-corrected chi connectivity index (χ3v) is 11.0. The maximum absolute atomic E-state index is 11.9. The van der Waals surface area contributed by atoms with E-state index >= 15 is 0 Å². The third kappa shape index (κ3) is 11.7. The highest BCUT2D eigenvalue weighted by atomic mass is 28.4. The zero-order valence-electron chi connectivity index (χ0n) is 24.6. The van der Waals surface area contributed by atoms with Gasteiger partial charge in [-0.15, -0.1) is 0 Å². The molecule has 38 heavy (non-hydrogen) atoms. The fourth-order valence-electron chi connectivity index (χ4n) is 5.79. The van der Waals surface area contributed by atoms with Crippen molar-refractivity contribution in [2.45, 2.75) is 123 Å². The molecule has 0 heterocycles. The highest BCUT2D eigenvalue weighted by molar-refractivity contribution is 6.60. The fraction of sp³-hybridized carbons (Fsp3) is 0.719. The Balaban J connectivity index is 1.80. The summed E-state index contributed by atoms with van der Waals surface area (Å²) in [6, 6.07) is 9.46. The van der Waals surface area contributed by atoms with E-state index in [1.165, 1.54) is 56.9 Å². The van der Waals surface area contributed by atoms with Crippen LogP contribution < -0.4 is 0 Å². The van der Waals surface area contributed by atoms with E-state index in [2.05, 4.69) is 31.2 Å². The topological polar surface area (TPSA) is 65.0 Å². The van der Waals surface area contributed by atoms with Crippen molar-refractivity contribution < 1.29 is 23.2 Å². The van der Waals surface area contributed by atoms with Gasteiger partial charge in [0.15, 0.2) is 0 Å². The second-order valence-electron chi connectivity index (χ2n) is 10.8. The van der Waals surface area contributed by atoms with Crippen LogP contribution in [0.3, 0.4) is 0 Å². The van der Waals surface area contributed by atoms with E-state index in [1.54, 1.807) is 0 Å². The third-order valence-electron chi connectivity index (χ3n) is 7.86. The summed E-state index contributed by atoms with van der Waals surface area (Å²) in [7, 11) is -2.58. The van der Waals surface area contributed by atoms with Crippen molar-refractivity contribution in [3.05, 3.63) is 41.0 Å². The van der Waals surface area contributed by atoms with Crippen molar-refractivity contribution in [2.75, 3.05) is 19.8 Å². The van der Waals surface area contributed by atoms with E-state index in [1.807, 2.05) is 26.8 Å². The van der Waals surface area contributed by atoms with Gasteiger partial charge in [-0.1, -0.05) is 69.7 Å². The van der Waals surface area contributed by atoms with Gasteiger partial charge < -0.3 is 18.4 Å². The Labute approximate surface area is 233 Å². The summed E-state index contributed by atoms with van der Waals surface area (Å²) in [6.07, 6.45) is 17.0. The van der Waals surface area contributed by atoms with Gasteiger partial charge in [-0.2, -0.15) is 0 Å². The maximum Gasteiger partial charge on any atom is 0.500 e. The average Bonchev–Trinajstić information content (AvgIpc) is 2.91. The predicted octanol–water partition coefficient (Wildman–Crippen LogP) is 9.01. The van der Waals surface area contributed by atoms with Gasteiger partial charge in [-0.25, -0.2) is 4.79 Å². The predicted molar refractivity (Wildman–Crippen MR) is 159 cm³/mol. The molecule has 1 saturated carbocycles. The lowest BCUT2D eigenvalue weighted by Gasteiger charge is -2.29. The number of carbonyl (C=O) groups is 1. The lowest BCUT2D eigenvalue weighted by atomic mass is 9.77. The molecular weight excluding hydrogens is 492 g/mol. The number of unbranched alkanes of at least 4 members (excludes halogenated alkanes) is 5. The second kappa shape index (κ2) is 18.7. The SMILES string of the molecule is CCCCCC1CCC(c2ccc(/C=C(\CCCCCC[Si](OCC)(OCC)OCC)C(=O)O)cc2)CC1. The van der Waals surface area contributed by atoms with Crippen molar-refractivity contribution in [1.82, 2.24) is 0 Å². The van der Waals surface area contributed by atoms with Crippen LogP contribution in [0.15, 0.2) is 29.8 Å². The van der Waals surface area contributed by atoms with Crippen LogP contribution in [-0.4, -0.2) is 39.7 Å². The Morgan fingerprint density at radius 2 is 1.45 bits per heavy atom. The van der Waals surface area contributed by atoms with Crippen LogP contribution in [0.25, 0.3) is 6.08 Å². The molecule has 0 bridgehead atoms. The first-order chi connectivity index (χ1) is 18.5. The van der Waals surface area contributed by atoms with Crippen LogP contribution in [0.4, 0.5) is 0 Å². The molecule has 0 radical (unpaired) electrons. The normalized spacial score (nSPS) is 18.6. The summed E-state index contributed by atoms with van der Waals surface area (Å²) < 4.78 is 17.8. The first kappa shape index (κ1) is 32.7. The number of carboxylic acids is 1. The molecule has 2 rings (SSSR count). The molecule has 1 aliphatic carbocycles. The Morgan fingerprint density at radius 3 is 2.00 bits per heavy atom. The minimum Gasteiger partial charge on any atom is -0.478 e. The summed E-state index contributed by atoms with van der Waals surface area (Å²) in [5.74, 6) is 0.761. The molecule has 0 saturated heterocycles. The molecule has 216 valence electrons. The quantitative estimate of drug-likeness (QED) is 0.100. The van der Waals surface area contributed by atoms with E-state index in [4.69, 9.17) is 13.3 Å². The summed E-state index contributed by atoms with van der Waals surface area (Å²) in [5, 5.41) is 9.77. The summed E-state index contributed by atoms with van der Waals surface area (Å²) in [4.78, 5) is 11.9. The molecule has 0 atom stereocenters.